The first-order valence-corrected chi connectivity index (χ1v) is 8.20. The molecule has 1 amide bonds. The van der Waals surface area contributed by atoms with Crippen LogP contribution in [0.15, 0.2) is 22.7 Å². The molecular weight excluding hydrogens is 368 g/mol. The first-order chi connectivity index (χ1) is 10.1. The summed E-state index contributed by atoms with van der Waals surface area (Å²) >= 11 is 3.47. The van der Waals surface area contributed by atoms with E-state index in [4.69, 9.17) is 10.5 Å². The quantitative estimate of drug-likeness (QED) is 0.808. The Balaban J connectivity index is 0.00000242. The highest BCUT2D eigenvalue weighted by Crippen LogP contribution is 2.32. The van der Waals surface area contributed by atoms with Crippen molar-refractivity contribution in [3.63, 3.8) is 0 Å². The van der Waals surface area contributed by atoms with E-state index >= 15 is 0 Å². The van der Waals surface area contributed by atoms with E-state index in [1.807, 2.05) is 25.1 Å². The largest absolute Gasteiger partial charge is 0.496 e. The minimum atomic E-state index is -0.0290. The zero-order chi connectivity index (χ0) is 15.4. The predicted octanol–water partition coefficient (Wildman–Crippen LogP) is 3.43. The van der Waals surface area contributed by atoms with Gasteiger partial charge in [-0.05, 0) is 65.9 Å². The lowest BCUT2D eigenvalue weighted by atomic mass is 9.94. The van der Waals surface area contributed by atoms with Crippen molar-refractivity contribution in [2.45, 2.75) is 32.2 Å². The van der Waals surface area contributed by atoms with Gasteiger partial charge in [-0.15, -0.1) is 12.4 Å². The maximum Gasteiger partial charge on any atom is 0.223 e. The lowest BCUT2D eigenvalue weighted by Crippen LogP contribution is -2.36. The Kier molecular flexibility index (Phi) is 7.66. The number of benzene rings is 1. The fourth-order valence-corrected chi connectivity index (χ4v) is 3.58. The number of ether oxygens (including phenoxy) is 1. The van der Waals surface area contributed by atoms with E-state index in [1.165, 1.54) is 0 Å². The number of rotatable bonds is 5. The van der Waals surface area contributed by atoms with Gasteiger partial charge in [0.25, 0.3) is 0 Å². The number of methoxy groups -OCH3 is 1. The molecule has 22 heavy (non-hydrogen) atoms. The number of halogens is 2. The van der Waals surface area contributed by atoms with Crippen molar-refractivity contribution in [2.75, 3.05) is 13.7 Å². The van der Waals surface area contributed by atoms with Gasteiger partial charge < -0.3 is 15.8 Å². The molecule has 0 aliphatic heterocycles. The molecule has 3 atom stereocenters. The Morgan fingerprint density at radius 1 is 1.50 bits per heavy atom. The lowest BCUT2D eigenvalue weighted by molar-refractivity contribution is -0.126. The van der Waals surface area contributed by atoms with Crippen LogP contribution in [0.4, 0.5) is 0 Å². The Labute approximate surface area is 146 Å². The average Bonchev–Trinajstić information content (AvgIpc) is 2.95. The normalized spacial score (nSPS) is 21.8. The summed E-state index contributed by atoms with van der Waals surface area (Å²) in [4.78, 5) is 12.4. The molecule has 1 fully saturated rings. The van der Waals surface area contributed by atoms with Gasteiger partial charge in [0.1, 0.15) is 5.75 Å². The van der Waals surface area contributed by atoms with Crippen LogP contribution in [0.25, 0.3) is 0 Å². The van der Waals surface area contributed by atoms with E-state index in [0.717, 1.165) is 35.0 Å². The van der Waals surface area contributed by atoms with Gasteiger partial charge in [0.05, 0.1) is 17.6 Å². The van der Waals surface area contributed by atoms with E-state index in [9.17, 15) is 4.79 Å². The molecule has 1 unspecified atom stereocenters. The molecule has 0 spiro atoms. The standard InChI is InChI=1S/C16H23BrN2O2.ClH/c1-10(11-6-7-15(21-2)14(17)8-11)19-16(20)13-5-3-4-12(13)9-18;/h6-8,10,12-13H,3-5,9,18H2,1-2H3,(H,19,20);1H/t10?,12-,13-;/m1./s1. The summed E-state index contributed by atoms with van der Waals surface area (Å²) in [5, 5.41) is 3.11. The molecule has 0 radical (unpaired) electrons. The molecule has 1 saturated carbocycles. The second kappa shape index (κ2) is 8.75. The Morgan fingerprint density at radius 2 is 2.23 bits per heavy atom. The highest BCUT2D eigenvalue weighted by atomic mass is 79.9. The molecule has 124 valence electrons. The number of hydrogen-bond donors (Lipinski definition) is 2. The van der Waals surface area contributed by atoms with Gasteiger partial charge in [0.15, 0.2) is 0 Å². The van der Waals surface area contributed by atoms with Crippen molar-refractivity contribution in [1.82, 2.24) is 5.32 Å². The third-order valence-corrected chi connectivity index (χ3v) is 4.95. The van der Waals surface area contributed by atoms with E-state index in [-0.39, 0.29) is 30.3 Å². The van der Waals surface area contributed by atoms with E-state index in [1.54, 1.807) is 7.11 Å². The Morgan fingerprint density at radius 3 is 2.82 bits per heavy atom. The minimum Gasteiger partial charge on any atom is -0.496 e. The van der Waals surface area contributed by atoms with Crippen molar-refractivity contribution in [3.05, 3.63) is 28.2 Å². The summed E-state index contributed by atoms with van der Waals surface area (Å²) in [7, 11) is 1.64. The molecule has 1 aromatic rings. The summed E-state index contributed by atoms with van der Waals surface area (Å²) in [5.41, 5.74) is 6.81. The van der Waals surface area contributed by atoms with E-state index in [0.29, 0.717) is 12.5 Å². The fourth-order valence-electron chi connectivity index (χ4n) is 3.02. The van der Waals surface area contributed by atoms with Crippen molar-refractivity contribution in [1.29, 1.82) is 0 Å². The molecule has 2 rings (SSSR count). The first-order valence-electron chi connectivity index (χ1n) is 7.40. The molecular formula is C16H24BrClN2O2. The van der Waals surface area contributed by atoms with E-state index in [2.05, 4.69) is 21.2 Å². The third-order valence-electron chi connectivity index (χ3n) is 4.33. The molecule has 4 nitrogen and oxygen atoms in total. The summed E-state index contributed by atoms with van der Waals surface area (Å²) < 4.78 is 6.12. The summed E-state index contributed by atoms with van der Waals surface area (Å²) in [6.07, 6.45) is 3.12. The van der Waals surface area contributed by atoms with E-state index < -0.39 is 0 Å². The van der Waals surface area contributed by atoms with Crippen LogP contribution in [-0.4, -0.2) is 19.6 Å². The van der Waals surface area contributed by atoms with Crippen LogP contribution in [0.5, 0.6) is 5.75 Å². The predicted molar refractivity (Wildman–Crippen MR) is 94.4 cm³/mol. The van der Waals surface area contributed by atoms with Crippen LogP contribution in [-0.2, 0) is 4.79 Å². The third kappa shape index (κ3) is 4.37. The Hall–Kier alpha value is -0.780. The zero-order valence-electron chi connectivity index (χ0n) is 13.0. The van der Waals surface area contributed by atoms with Crippen LogP contribution in [0, 0.1) is 11.8 Å². The van der Waals surface area contributed by atoms with Crippen LogP contribution >= 0.6 is 28.3 Å². The molecule has 3 N–H and O–H groups in total. The molecule has 0 saturated heterocycles. The molecule has 0 aromatic heterocycles. The second-order valence-corrected chi connectivity index (χ2v) is 6.51. The van der Waals surface area contributed by atoms with Gasteiger partial charge in [0, 0.05) is 5.92 Å². The highest BCUT2D eigenvalue weighted by molar-refractivity contribution is 9.10. The van der Waals surface area contributed by atoms with Gasteiger partial charge in [-0.3, -0.25) is 4.79 Å². The average molecular weight is 392 g/mol. The van der Waals surface area contributed by atoms with Crippen LogP contribution < -0.4 is 15.8 Å². The number of amides is 1. The molecule has 1 aromatic carbocycles. The summed E-state index contributed by atoms with van der Waals surface area (Å²) in [6, 6.07) is 5.83. The monoisotopic (exact) mass is 390 g/mol. The minimum absolute atomic E-state index is 0. The van der Waals surface area contributed by atoms with Gasteiger partial charge in [-0.1, -0.05) is 12.5 Å². The number of nitrogens with one attached hydrogen (secondary N) is 1. The van der Waals surface area contributed by atoms with Crippen LogP contribution in [0.3, 0.4) is 0 Å². The number of nitrogens with two attached hydrogens (primary N) is 1. The van der Waals surface area contributed by atoms with Gasteiger partial charge >= 0.3 is 0 Å². The SMILES string of the molecule is COc1ccc(C(C)NC(=O)[C@@H]2CCC[C@@H]2CN)cc1Br.Cl. The molecule has 0 bridgehead atoms. The number of carbonyl (C=O) groups is 1. The molecule has 6 heteroatoms. The fraction of sp³-hybridized carbons (Fsp3) is 0.562. The summed E-state index contributed by atoms with van der Waals surface area (Å²) in [6.45, 7) is 2.60. The first kappa shape index (κ1) is 19.3. The molecule has 1 aliphatic rings. The molecule has 1 aliphatic carbocycles. The lowest BCUT2D eigenvalue weighted by Gasteiger charge is -2.21. The van der Waals surface area contributed by atoms with Crippen molar-refractivity contribution in [2.24, 2.45) is 17.6 Å². The Bertz CT molecular complexity index is 513. The van der Waals surface area contributed by atoms with Crippen molar-refractivity contribution < 1.29 is 9.53 Å². The number of carbonyl (C=O) groups excluding carboxylic acids is 1. The summed E-state index contributed by atoms with van der Waals surface area (Å²) in [5.74, 6) is 1.32. The van der Waals surface area contributed by atoms with Gasteiger partial charge in [-0.2, -0.15) is 0 Å². The smallest absolute Gasteiger partial charge is 0.223 e. The van der Waals surface area contributed by atoms with Gasteiger partial charge in [-0.25, -0.2) is 0 Å². The topological polar surface area (TPSA) is 64.3 Å². The van der Waals surface area contributed by atoms with Crippen LogP contribution in [0.1, 0.15) is 37.8 Å². The molecule has 0 heterocycles. The zero-order valence-corrected chi connectivity index (χ0v) is 15.4. The second-order valence-electron chi connectivity index (χ2n) is 5.66. The van der Waals surface area contributed by atoms with Crippen LogP contribution in [0.2, 0.25) is 0 Å². The van der Waals surface area contributed by atoms with Crippen molar-refractivity contribution >= 4 is 34.2 Å². The maximum absolute atomic E-state index is 12.4. The number of hydrogen-bond acceptors (Lipinski definition) is 3. The van der Waals surface area contributed by atoms with Gasteiger partial charge in [0.2, 0.25) is 5.91 Å². The van der Waals surface area contributed by atoms with Crippen molar-refractivity contribution in [3.8, 4) is 5.75 Å². The maximum atomic E-state index is 12.4. The highest BCUT2D eigenvalue weighted by Gasteiger charge is 2.32.